The van der Waals surface area contributed by atoms with Gasteiger partial charge in [-0.1, -0.05) is 43.3 Å². The van der Waals surface area contributed by atoms with Crippen molar-refractivity contribution in [3.63, 3.8) is 0 Å². The average molecular weight is 269 g/mol. The summed E-state index contributed by atoms with van der Waals surface area (Å²) in [6.45, 7) is 4.08. The van der Waals surface area contributed by atoms with E-state index in [1.165, 1.54) is 5.56 Å². The van der Waals surface area contributed by atoms with Gasteiger partial charge in [-0.15, -0.1) is 0 Å². The first-order valence-electron chi connectivity index (χ1n) is 7.25. The van der Waals surface area contributed by atoms with E-state index in [-0.39, 0.29) is 0 Å². The van der Waals surface area contributed by atoms with Gasteiger partial charge < -0.3 is 10.2 Å². The molecule has 1 aromatic heterocycles. The van der Waals surface area contributed by atoms with E-state index in [0.717, 1.165) is 37.6 Å². The standard InChI is InChI=1S/C17H23N3/c1-3-13-18-16-10-7-11-17(19-16)20(2)14-12-15-8-5-4-6-9-15/h4-11H,3,12-14H2,1-2H3,(H,18,19). The highest BCUT2D eigenvalue weighted by Gasteiger charge is 2.03. The summed E-state index contributed by atoms with van der Waals surface area (Å²) in [5.74, 6) is 1.97. The summed E-state index contributed by atoms with van der Waals surface area (Å²) in [7, 11) is 2.09. The van der Waals surface area contributed by atoms with Crippen molar-refractivity contribution in [3.05, 3.63) is 54.1 Å². The molecule has 106 valence electrons. The van der Waals surface area contributed by atoms with Crippen LogP contribution >= 0.6 is 0 Å². The van der Waals surface area contributed by atoms with E-state index in [2.05, 4.69) is 71.6 Å². The SMILES string of the molecule is CCCNc1cccc(N(C)CCc2ccccc2)n1. The predicted octanol–water partition coefficient (Wildman–Crippen LogP) is 3.58. The minimum absolute atomic E-state index is 0.955. The zero-order chi connectivity index (χ0) is 14.2. The Morgan fingerprint density at radius 1 is 1.05 bits per heavy atom. The number of rotatable bonds is 7. The second-order valence-electron chi connectivity index (χ2n) is 4.96. The third kappa shape index (κ3) is 4.26. The van der Waals surface area contributed by atoms with Crippen LogP contribution in [0.2, 0.25) is 0 Å². The van der Waals surface area contributed by atoms with Gasteiger partial charge in [0.05, 0.1) is 0 Å². The molecule has 0 saturated carbocycles. The van der Waals surface area contributed by atoms with Gasteiger partial charge in [-0.25, -0.2) is 4.98 Å². The molecule has 2 rings (SSSR count). The van der Waals surface area contributed by atoms with Gasteiger partial charge in [0.1, 0.15) is 11.6 Å². The molecule has 0 radical (unpaired) electrons. The van der Waals surface area contributed by atoms with Gasteiger partial charge in [0, 0.05) is 20.1 Å². The lowest BCUT2D eigenvalue weighted by atomic mass is 10.1. The highest BCUT2D eigenvalue weighted by Crippen LogP contribution is 2.13. The summed E-state index contributed by atoms with van der Waals surface area (Å²) in [5.41, 5.74) is 1.36. The van der Waals surface area contributed by atoms with E-state index in [9.17, 15) is 0 Å². The Morgan fingerprint density at radius 3 is 2.60 bits per heavy atom. The Labute approximate surface area is 121 Å². The number of hydrogen-bond donors (Lipinski definition) is 1. The van der Waals surface area contributed by atoms with Gasteiger partial charge in [0.15, 0.2) is 0 Å². The van der Waals surface area contributed by atoms with Gasteiger partial charge in [0.25, 0.3) is 0 Å². The number of nitrogens with one attached hydrogen (secondary N) is 1. The van der Waals surface area contributed by atoms with Crippen molar-refractivity contribution in [2.24, 2.45) is 0 Å². The summed E-state index contributed by atoms with van der Waals surface area (Å²) in [6.07, 6.45) is 2.14. The maximum atomic E-state index is 4.64. The fourth-order valence-electron chi connectivity index (χ4n) is 2.04. The average Bonchev–Trinajstić information content (AvgIpc) is 2.52. The Kier molecular flexibility index (Phi) is 5.42. The van der Waals surface area contributed by atoms with Crippen molar-refractivity contribution in [2.75, 3.05) is 30.4 Å². The predicted molar refractivity (Wildman–Crippen MR) is 86.4 cm³/mol. The van der Waals surface area contributed by atoms with Gasteiger partial charge in [-0.3, -0.25) is 0 Å². The maximum Gasteiger partial charge on any atom is 0.130 e. The second kappa shape index (κ2) is 7.53. The quantitative estimate of drug-likeness (QED) is 0.832. The first-order chi connectivity index (χ1) is 9.79. The van der Waals surface area contributed by atoms with Crippen LogP contribution in [0.3, 0.4) is 0 Å². The lowest BCUT2D eigenvalue weighted by Crippen LogP contribution is -2.21. The molecule has 0 bridgehead atoms. The maximum absolute atomic E-state index is 4.64. The van der Waals surface area contributed by atoms with Crippen LogP contribution in [0.1, 0.15) is 18.9 Å². The molecule has 0 fully saturated rings. The Balaban J connectivity index is 1.93. The molecule has 1 aromatic carbocycles. The van der Waals surface area contributed by atoms with E-state index in [1.807, 2.05) is 6.07 Å². The van der Waals surface area contributed by atoms with Crippen molar-refractivity contribution in [3.8, 4) is 0 Å². The number of likely N-dealkylation sites (N-methyl/N-ethyl adjacent to an activating group) is 1. The number of hydrogen-bond acceptors (Lipinski definition) is 3. The fourth-order valence-corrected chi connectivity index (χ4v) is 2.04. The van der Waals surface area contributed by atoms with Crippen LogP contribution in [0.25, 0.3) is 0 Å². The second-order valence-corrected chi connectivity index (χ2v) is 4.96. The van der Waals surface area contributed by atoms with Gasteiger partial charge in [-0.05, 0) is 30.5 Å². The van der Waals surface area contributed by atoms with Crippen LogP contribution in [0.4, 0.5) is 11.6 Å². The molecule has 2 aromatic rings. The van der Waals surface area contributed by atoms with E-state index in [4.69, 9.17) is 0 Å². The molecule has 0 aliphatic rings. The Hall–Kier alpha value is -2.03. The highest BCUT2D eigenvalue weighted by molar-refractivity contribution is 5.46. The van der Waals surface area contributed by atoms with Crippen LogP contribution in [0.5, 0.6) is 0 Å². The number of aromatic nitrogens is 1. The molecule has 0 spiro atoms. The molecule has 20 heavy (non-hydrogen) atoms. The van der Waals surface area contributed by atoms with Crippen LogP contribution in [0.15, 0.2) is 48.5 Å². The molecule has 0 atom stereocenters. The molecule has 3 nitrogen and oxygen atoms in total. The van der Waals surface area contributed by atoms with E-state index >= 15 is 0 Å². The topological polar surface area (TPSA) is 28.2 Å². The van der Waals surface area contributed by atoms with Crippen LogP contribution < -0.4 is 10.2 Å². The van der Waals surface area contributed by atoms with Crippen LogP contribution in [-0.4, -0.2) is 25.1 Å². The van der Waals surface area contributed by atoms with Gasteiger partial charge >= 0.3 is 0 Å². The van der Waals surface area contributed by atoms with Gasteiger partial charge in [0.2, 0.25) is 0 Å². The molecule has 1 heterocycles. The summed E-state index contributed by atoms with van der Waals surface area (Å²) in [4.78, 5) is 6.84. The molecule has 0 saturated heterocycles. The van der Waals surface area contributed by atoms with E-state index in [1.54, 1.807) is 0 Å². The number of pyridine rings is 1. The molecular weight excluding hydrogens is 246 g/mol. The summed E-state index contributed by atoms with van der Waals surface area (Å²) >= 11 is 0. The van der Waals surface area contributed by atoms with Gasteiger partial charge in [-0.2, -0.15) is 0 Å². The summed E-state index contributed by atoms with van der Waals surface area (Å²) < 4.78 is 0. The fraction of sp³-hybridized carbons (Fsp3) is 0.353. The van der Waals surface area contributed by atoms with Crippen molar-refractivity contribution in [2.45, 2.75) is 19.8 Å². The normalized spacial score (nSPS) is 10.3. The molecule has 0 amide bonds. The first-order valence-corrected chi connectivity index (χ1v) is 7.25. The molecule has 0 aliphatic heterocycles. The molecule has 1 N–H and O–H groups in total. The highest BCUT2D eigenvalue weighted by atomic mass is 15.2. The first kappa shape index (κ1) is 14.4. The molecule has 0 aliphatic carbocycles. The van der Waals surface area contributed by atoms with Crippen molar-refractivity contribution < 1.29 is 0 Å². The Morgan fingerprint density at radius 2 is 1.85 bits per heavy atom. The lowest BCUT2D eigenvalue weighted by Gasteiger charge is -2.19. The third-order valence-corrected chi connectivity index (χ3v) is 3.26. The van der Waals surface area contributed by atoms with Crippen LogP contribution in [-0.2, 0) is 6.42 Å². The van der Waals surface area contributed by atoms with E-state index < -0.39 is 0 Å². The molecule has 0 unspecified atom stereocenters. The van der Waals surface area contributed by atoms with Crippen molar-refractivity contribution >= 4 is 11.6 Å². The summed E-state index contributed by atoms with van der Waals surface area (Å²) in [5, 5.41) is 3.33. The minimum atomic E-state index is 0.955. The smallest absolute Gasteiger partial charge is 0.130 e. The lowest BCUT2D eigenvalue weighted by molar-refractivity contribution is 0.858. The summed E-state index contributed by atoms with van der Waals surface area (Å²) in [6, 6.07) is 16.7. The van der Waals surface area contributed by atoms with Crippen molar-refractivity contribution in [1.29, 1.82) is 0 Å². The van der Waals surface area contributed by atoms with E-state index in [0.29, 0.717) is 0 Å². The zero-order valence-corrected chi connectivity index (χ0v) is 12.3. The largest absolute Gasteiger partial charge is 0.370 e. The Bertz CT molecular complexity index is 511. The molecule has 3 heteroatoms. The van der Waals surface area contributed by atoms with Crippen molar-refractivity contribution in [1.82, 2.24) is 4.98 Å². The minimum Gasteiger partial charge on any atom is -0.370 e. The molecular formula is C17H23N3. The number of benzene rings is 1. The third-order valence-electron chi connectivity index (χ3n) is 3.26. The van der Waals surface area contributed by atoms with Crippen LogP contribution in [0, 0.1) is 0 Å². The number of nitrogens with zero attached hydrogens (tertiary/aromatic N) is 2. The number of anilines is 2. The monoisotopic (exact) mass is 269 g/mol. The zero-order valence-electron chi connectivity index (χ0n) is 12.3.